The third-order valence-corrected chi connectivity index (χ3v) is 7.29. The maximum Gasteiger partial charge on any atom is 0.313 e. The molecule has 170 valence electrons. The van der Waals surface area contributed by atoms with E-state index in [0.717, 1.165) is 63.5 Å². The number of allylic oxidation sites excluding steroid dienone is 2. The minimum Gasteiger partial charge on any atom is -0.461 e. The Hall–Kier alpha value is -1.74. The normalized spacial score (nSPS) is 19.2. The Morgan fingerprint density at radius 1 is 1.03 bits per heavy atom. The second-order valence-electron chi connectivity index (χ2n) is 8.00. The Balaban J connectivity index is 1.48. The average Bonchev–Trinajstić information content (AvgIpc) is 3.23. The number of rotatable bonds is 17. The average molecular weight is 441 g/mol. The topological polar surface area (TPSA) is 128 Å². The lowest BCUT2D eigenvalue weighted by Gasteiger charge is -2.35. The molecule has 1 saturated heterocycles. The number of cyclic esters (lactones) is 1. The molecule has 1 aromatic rings. The van der Waals surface area contributed by atoms with E-state index < -0.39 is 9.84 Å². The minimum atomic E-state index is -2.97. The summed E-state index contributed by atoms with van der Waals surface area (Å²) in [7, 11) is -2.97. The van der Waals surface area contributed by atoms with Crippen LogP contribution in [0.5, 0.6) is 0 Å². The first-order valence-electron chi connectivity index (χ1n) is 11.1. The highest BCUT2D eigenvalue weighted by Crippen LogP contribution is 2.31. The quantitative estimate of drug-likeness (QED) is 0.216. The van der Waals surface area contributed by atoms with Gasteiger partial charge in [-0.1, -0.05) is 31.4 Å². The number of sulfone groups is 1. The van der Waals surface area contributed by atoms with E-state index in [4.69, 9.17) is 10.5 Å². The van der Waals surface area contributed by atoms with Crippen LogP contribution in [0.15, 0.2) is 18.3 Å². The summed E-state index contributed by atoms with van der Waals surface area (Å²) in [5, 5.41) is 10.4. The molecule has 0 spiro atoms. The molecule has 3 N–H and O–H groups in total. The number of ether oxygens (including phenoxy) is 1. The molecule has 1 aliphatic rings. The van der Waals surface area contributed by atoms with Crippen LogP contribution in [-0.4, -0.2) is 54.0 Å². The van der Waals surface area contributed by atoms with Gasteiger partial charge in [-0.2, -0.15) is 15.4 Å². The molecule has 1 aromatic heterocycles. The summed E-state index contributed by atoms with van der Waals surface area (Å²) in [5.74, 6) is 0.370. The van der Waals surface area contributed by atoms with E-state index in [1.165, 1.54) is 0 Å². The molecule has 2 heterocycles. The highest BCUT2D eigenvalue weighted by molar-refractivity contribution is 7.91. The molecular weight excluding hydrogens is 404 g/mol. The zero-order chi connectivity index (χ0) is 21.7. The maximum absolute atomic E-state index is 11.8. The minimum absolute atomic E-state index is 0.0219. The Morgan fingerprint density at radius 3 is 2.53 bits per heavy atom. The van der Waals surface area contributed by atoms with Crippen LogP contribution in [0.3, 0.4) is 0 Å². The Labute approximate surface area is 179 Å². The smallest absolute Gasteiger partial charge is 0.313 e. The molecule has 2 atom stereocenters. The molecule has 0 aromatic carbocycles. The number of carbonyl (C=O) groups is 1. The zero-order valence-electron chi connectivity index (χ0n) is 17.8. The van der Waals surface area contributed by atoms with Crippen molar-refractivity contribution in [2.24, 2.45) is 11.7 Å². The van der Waals surface area contributed by atoms with Crippen molar-refractivity contribution in [2.45, 2.75) is 76.7 Å². The third kappa shape index (κ3) is 9.38. The highest BCUT2D eigenvalue weighted by atomic mass is 32.2. The van der Waals surface area contributed by atoms with E-state index in [0.29, 0.717) is 19.4 Å². The van der Waals surface area contributed by atoms with Crippen LogP contribution < -0.4 is 5.73 Å². The number of nitrogens with two attached hydrogens (primary N) is 1. The van der Waals surface area contributed by atoms with Gasteiger partial charge in [0.2, 0.25) is 0 Å². The Morgan fingerprint density at radius 2 is 1.80 bits per heavy atom. The second kappa shape index (κ2) is 13.5. The second-order valence-corrected chi connectivity index (χ2v) is 10.3. The summed E-state index contributed by atoms with van der Waals surface area (Å²) in [6.45, 7) is 0.411. The van der Waals surface area contributed by atoms with E-state index in [2.05, 4.69) is 27.6 Å². The molecule has 2 rings (SSSR count). The summed E-state index contributed by atoms with van der Waals surface area (Å²) in [5.41, 5.74) is 6.30. The molecule has 0 bridgehead atoms. The van der Waals surface area contributed by atoms with E-state index in [-0.39, 0.29) is 29.5 Å². The van der Waals surface area contributed by atoms with E-state index in [1.807, 2.05) is 0 Å². The van der Waals surface area contributed by atoms with Crippen molar-refractivity contribution < 1.29 is 17.9 Å². The molecular formula is C21H36N4O4S. The van der Waals surface area contributed by atoms with E-state index in [1.54, 1.807) is 6.20 Å². The summed E-state index contributed by atoms with van der Waals surface area (Å²) in [6, 6.07) is 0. The van der Waals surface area contributed by atoms with E-state index >= 15 is 0 Å². The highest BCUT2D eigenvalue weighted by Gasteiger charge is 2.40. The van der Waals surface area contributed by atoms with Crippen molar-refractivity contribution >= 4 is 15.8 Å². The lowest BCUT2D eigenvalue weighted by molar-refractivity contribution is -0.186. The number of hydrogen-bond acceptors (Lipinski definition) is 7. The third-order valence-electron chi connectivity index (χ3n) is 5.47. The first kappa shape index (κ1) is 24.5. The van der Waals surface area contributed by atoms with Crippen LogP contribution in [0.2, 0.25) is 0 Å². The van der Waals surface area contributed by atoms with Crippen molar-refractivity contribution in [3.05, 3.63) is 24.0 Å². The van der Waals surface area contributed by atoms with Crippen LogP contribution in [0.25, 0.3) is 0 Å². The van der Waals surface area contributed by atoms with E-state index in [9.17, 15) is 13.2 Å². The number of hydrogen-bond donors (Lipinski definition) is 2. The van der Waals surface area contributed by atoms with Crippen LogP contribution >= 0.6 is 0 Å². The molecule has 1 aliphatic heterocycles. The molecule has 30 heavy (non-hydrogen) atoms. The monoisotopic (exact) mass is 440 g/mol. The van der Waals surface area contributed by atoms with Crippen molar-refractivity contribution in [3.8, 4) is 0 Å². The summed E-state index contributed by atoms with van der Waals surface area (Å²) >= 11 is 0. The number of carbonyl (C=O) groups excluding carboxylic acids is 1. The zero-order valence-corrected chi connectivity index (χ0v) is 18.6. The maximum atomic E-state index is 11.8. The van der Waals surface area contributed by atoms with Gasteiger partial charge in [0.1, 0.15) is 15.9 Å². The lowest BCUT2D eigenvalue weighted by atomic mass is 9.87. The van der Waals surface area contributed by atoms with Gasteiger partial charge in [0.15, 0.2) is 0 Å². The van der Waals surface area contributed by atoms with Crippen molar-refractivity contribution in [1.29, 1.82) is 0 Å². The van der Waals surface area contributed by atoms with Gasteiger partial charge < -0.3 is 10.5 Å². The van der Waals surface area contributed by atoms with Crippen LogP contribution in [-0.2, 0) is 25.8 Å². The lowest BCUT2D eigenvalue weighted by Crippen LogP contribution is -2.44. The van der Waals surface area contributed by atoms with Gasteiger partial charge >= 0.3 is 5.97 Å². The number of esters is 1. The first-order chi connectivity index (χ1) is 14.5. The largest absolute Gasteiger partial charge is 0.461 e. The fourth-order valence-corrected chi connectivity index (χ4v) is 5.12. The van der Waals surface area contributed by atoms with Crippen molar-refractivity contribution in [3.63, 3.8) is 0 Å². The van der Waals surface area contributed by atoms with Gasteiger partial charge in [0.05, 0.1) is 29.3 Å². The number of H-pyrrole nitrogens is 1. The van der Waals surface area contributed by atoms with Crippen LogP contribution in [0, 0.1) is 5.92 Å². The van der Waals surface area contributed by atoms with Crippen LogP contribution in [0.4, 0.5) is 0 Å². The fraction of sp³-hybridized carbons (Fsp3) is 0.762. The van der Waals surface area contributed by atoms with Crippen molar-refractivity contribution in [2.75, 3.05) is 18.1 Å². The number of nitrogens with zero attached hydrogens (tertiary/aromatic N) is 2. The molecule has 1 fully saturated rings. The molecule has 8 nitrogen and oxygen atoms in total. The number of aromatic amines is 1. The molecule has 0 amide bonds. The molecule has 0 radical (unpaired) electrons. The van der Waals surface area contributed by atoms with Gasteiger partial charge in [-0.3, -0.25) is 4.79 Å². The van der Waals surface area contributed by atoms with Gasteiger partial charge in [-0.05, 0) is 51.5 Å². The predicted octanol–water partition coefficient (Wildman–Crippen LogP) is 2.72. The molecule has 0 saturated carbocycles. The Bertz CT molecular complexity index is 734. The van der Waals surface area contributed by atoms with Gasteiger partial charge in [0.25, 0.3) is 0 Å². The molecule has 9 heteroatoms. The first-order valence-corrected chi connectivity index (χ1v) is 12.9. The standard InChI is InChI=1S/C21H36N4O4S/c22-14-10-16-30(27,28)15-9-5-8-13-20-19(21(26)29-20)12-7-4-2-1-3-6-11-18-17-23-25-24-18/h3,6,17,19-20H,1-2,4-5,7-16,22H2,(H,23,24,25). The number of aromatic nitrogens is 3. The molecule has 0 aliphatic carbocycles. The van der Waals surface area contributed by atoms with Gasteiger partial charge in [-0.15, -0.1) is 0 Å². The number of unbranched alkanes of at least 4 members (excludes halogenated alkanes) is 5. The van der Waals surface area contributed by atoms with Gasteiger partial charge in [0, 0.05) is 6.42 Å². The fourth-order valence-electron chi connectivity index (χ4n) is 3.66. The van der Waals surface area contributed by atoms with Gasteiger partial charge in [-0.25, -0.2) is 8.42 Å². The predicted molar refractivity (Wildman–Crippen MR) is 116 cm³/mol. The van der Waals surface area contributed by atoms with Crippen LogP contribution in [0.1, 0.15) is 69.9 Å². The SMILES string of the molecule is NCCCS(=O)(=O)CCCCCC1OC(=O)C1CCCCCC=CCc1cn[nH]n1. The van der Waals surface area contributed by atoms with Crippen molar-refractivity contribution in [1.82, 2.24) is 15.4 Å². The summed E-state index contributed by atoms with van der Waals surface area (Å²) < 4.78 is 28.9. The summed E-state index contributed by atoms with van der Waals surface area (Å²) in [6.07, 6.45) is 15.8. The summed E-state index contributed by atoms with van der Waals surface area (Å²) in [4.78, 5) is 11.7. The Kier molecular flexibility index (Phi) is 11.1. The number of nitrogens with one attached hydrogen (secondary N) is 1. The molecule has 2 unspecified atom stereocenters.